The number of aromatic hydroxyl groups is 1. The van der Waals surface area contributed by atoms with Crippen molar-refractivity contribution in [3.8, 4) is 28.5 Å². The largest absolute Gasteiger partial charge is 0.494 e. The predicted molar refractivity (Wildman–Crippen MR) is 109 cm³/mol. The lowest BCUT2D eigenvalue weighted by molar-refractivity contribution is 0.355. The minimum Gasteiger partial charge on any atom is -0.494 e. The molecule has 2 heterocycles. The lowest BCUT2D eigenvalue weighted by atomic mass is 10.1. The average molecular weight is 376 g/mol. The standard InChI is InChI=1S/C21H20N4O3/c1-12-19(13-8-9-17(27-2)18(10-13)28-3)20(25-24-12)22-11-15-14-6-4-5-7-16(14)23-21(15)26/h4-11,23,26H,1-3H3,(H,24,25). The Hall–Kier alpha value is -3.74. The number of aromatic nitrogens is 3. The van der Waals surface area contributed by atoms with Crippen molar-refractivity contribution in [2.45, 2.75) is 6.92 Å². The fourth-order valence-electron chi connectivity index (χ4n) is 3.25. The molecule has 2 aromatic carbocycles. The molecule has 0 aliphatic rings. The van der Waals surface area contributed by atoms with Crippen LogP contribution in [0.4, 0.5) is 5.82 Å². The fraction of sp³-hybridized carbons (Fsp3) is 0.143. The van der Waals surface area contributed by atoms with E-state index in [0.29, 0.717) is 22.9 Å². The molecule has 142 valence electrons. The number of benzene rings is 2. The third-order valence-electron chi connectivity index (χ3n) is 4.64. The molecule has 7 nitrogen and oxygen atoms in total. The number of rotatable bonds is 5. The van der Waals surface area contributed by atoms with Gasteiger partial charge >= 0.3 is 0 Å². The van der Waals surface area contributed by atoms with Crippen LogP contribution >= 0.6 is 0 Å². The summed E-state index contributed by atoms with van der Waals surface area (Å²) in [7, 11) is 3.20. The van der Waals surface area contributed by atoms with Crippen LogP contribution in [0.25, 0.3) is 22.0 Å². The van der Waals surface area contributed by atoms with Gasteiger partial charge in [-0.1, -0.05) is 24.3 Å². The highest BCUT2D eigenvalue weighted by atomic mass is 16.5. The maximum Gasteiger partial charge on any atom is 0.198 e. The number of ether oxygens (including phenoxy) is 2. The number of nitrogens with one attached hydrogen (secondary N) is 2. The van der Waals surface area contributed by atoms with E-state index in [1.54, 1.807) is 20.4 Å². The van der Waals surface area contributed by atoms with Gasteiger partial charge in [-0.2, -0.15) is 5.10 Å². The van der Waals surface area contributed by atoms with Crippen molar-refractivity contribution in [3.05, 3.63) is 53.7 Å². The molecule has 0 saturated carbocycles. The molecule has 0 fully saturated rings. The van der Waals surface area contributed by atoms with Crippen LogP contribution in [0.3, 0.4) is 0 Å². The summed E-state index contributed by atoms with van der Waals surface area (Å²) >= 11 is 0. The van der Waals surface area contributed by atoms with Gasteiger partial charge in [-0.05, 0) is 30.7 Å². The second-order valence-corrected chi connectivity index (χ2v) is 6.31. The maximum atomic E-state index is 10.2. The first kappa shape index (κ1) is 17.7. The van der Waals surface area contributed by atoms with Crippen LogP contribution in [-0.2, 0) is 0 Å². The normalized spacial score (nSPS) is 11.4. The number of aromatic amines is 2. The van der Waals surface area contributed by atoms with Crippen LogP contribution in [0, 0.1) is 6.92 Å². The molecule has 4 rings (SSSR count). The monoisotopic (exact) mass is 376 g/mol. The molecule has 0 aliphatic carbocycles. The minimum absolute atomic E-state index is 0.0740. The van der Waals surface area contributed by atoms with Crippen molar-refractivity contribution in [2.75, 3.05) is 14.2 Å². The lowest BCUT2D eigenvalue weighted by Gasteiger charge is -2.09. The smallest absolute Gasteiger partial charge is 0.198 e. The molecular weight excluding hydrogens is 356 g/mol. The van der Waals surface area contributed by atoms with Crippen LogP contribution < -0.4 is 9.47 Å². The summed E-state index contributed by atoms with van der Waals surface area (Å²) in [5.41, 5.74) is 4.10. The van der Waals surface area contributed by atoms with E-state index in [-0.39, 0.29) is 5.88 Å². The number of methoxy groups -OCH3 is 2. The third kappa shape index (κ3) is 2.96. The van der Waals surface area contributed by atoms with Crippen LogP contribution in [0.5, 0.6) is 17.4 Å². The highest BCUT2D eigenvalue weighted by molar-refractivity contribution is 6.02. The SMILES string of the molecule is COc1ccc(-c2c(N=Cc3c(O)[nH]c4ccccc34)n[nH]c2C)cc1OC. The van der Waals surface area contributed by atoms with Gasteiger partial charge in [-0.3, -0.25) is 5.10 Å². The van der Waals surface area contributed by atoms with Gasteiger partial charge in [0.1, 0.15) is 0 Å². The molecular formula is C21H20N4O3. The Morgan fingerprint density at radius 3 is 2.64 bits per heavy atom. The van der Waals surface area contributed by atoms with Gasteiger partial charge < -0.3 is 19.6 Å². The fourth-order valence-corrected chi connectivity index (χ4v) is 3.25. The predicted octanol–water partition coefficient (Wildman–Crippen LogP) is 4.34. The average Bonchev–Trinajstić information content (AvgIpc) is 3.24. The van der Waals surface area contributed by atoms with Gasteiger partial charge in [0.15, 0.2) is 23.2 Å². The Labute approximate surface area is 161 Å². The zero-order valence-corrected chi connectivity index (χ0v) is 15.8. The van der Waals surface area contributed by atoms with Crippen molar-refractivity contribution < 1.29 is 14.6 Å². The summed E-state index contributed by atoms with van der Waals surface area (Å²) in [5.74, 6) is 1.88. The van der Waals surface area contributed by atoms with Crippen LogP contribution in [-0.4, -0.2) is 40.7 Å². The summed E-state index contributed by atoms with van der Waals surface area (Å²) in [5, 5.41) is 18.4. The van der Waals surface area contributed by atoms with E-state index in [1.807, 2.05) is 49.4 Å². The zero-order chi connectivity index (χ0) is 19.7. The van der Waals surface area contributed by atoms with Crippen molar-refractivity contribution in [3.63, 3.8) is 0 Å². The molecule has 4 aromatic rings. The van der Waals surface area contributed by atoms with E-state index >= 15 is 0 Å². The number of hydrogen-bond acceptors (Lipinski definition) is 5. The van der Waals surface area contributed by atoms with Crippen molar-refractivity contribution in [1.82, 2.24) is 15.2 Å². The van der Waals surface area contributed by atoms with Crippen LogP contribution in [0.15, 0.2) is 47.5 Å². The number of aryl methyl sites for hydroxylation is 1. The van der Waals surface area contributed by atoms with Crippen molar-refractivity contribution in [1.29, 1.82) is 0 Å². The first-order valence-electron chi connectivity index (χ1n) is 8.73. The number of aliphatic imine (C=N–C) groups is 1. The quantitative estimate of drug-likeness (QED) is 0.452. The second kappa shape index (κ2) is 7.11. The van der Waals surface area contributed by atoms with Gasteiger partial charge in [0, 0.05) is 28.4 Å². The molecule has 0 saturated heterocycles. The van der Waals surface area contributed by atoms with Gasteiger partial charge in [0.2, 0.25) is 0 Å². The Kier molecular flexibility index (Phi) is 4.49. The summed E-state index contributed by atoms with van der Waals surface area (Å²) < 4.78 is 10.7. The van der Waals surface area contributed by atoms with Gasteiger partial charge in [-0.25, -0.2) is 4.99 Å². The Morgan fingerprint density at radius 1 is 1.07 bits per heavy atom. The Bertz CT molecular complexity index is 1170. The molecule has 3 N–H and O–H groups in total. The maximum absolute atomic E-state index is 10.2. The molecule has 28 heavy (non-hydrogen) atoms. The summed E-state index contributed by atoms with van der Waals surface area (Å²) in [6.07, 6.45) is 1.62. The highest BCUT2D eigenvalue weighted by Crippen LogP contribution is 2.37. The van der Waals surface area contributed by atoms with Gasteiger partial charge in [0.05, 0.1) is 19.8 Å². The number of para-hydroxylation sites is 1. The molecule has 7 heteroatoms. The summed E-state index contributed by atoms with van der Waals surface area (Å²) in [6.45, 7) is 1.93. The van der Waals surface area contributed by atoms with Crippen molar-refractivity contribution >= 4 is 22.9 Å². The van der Waals surface area contributed by atoms with Crippen LogP contribution in [0.2, 0.25) is 0 Å². The van der Waals surface area contributed by atoms with Crippen molar-refractivity contribution in [2.24, 2.45) is 4.99 Å². The first-order chi connectivity index (χ1) is 13.6. The number of H-pyrrole nitrogens is 2. The van der Waals surface area contributed by atoms with E-state index in [4.69, 9.17) is 9.47 Å². The molecule has 0 atom stereocenters. The van der Waals surface area contributed by atoms with E-state index in [1.165, 1.54) is 0 Å². The topological polar surface area (TPSA) is 95.5 Å². The van der Waals surface area contributed by atoms with E-state index in [0.717, 1.165) is 27.7 Å². The van der Waals surface area contributed by atoms with Gasteiger partial charge in [0.25, 0.3) is 0 Å². The molecule has 0 radical (unpaired) electrons. The molecule has 0 unspecified atom stereocenters. The lowest BCUT2D eigenvalue weighted by Crippen LogP contribution is -1.91. The summed E-state index contributed by atoms with van der Waals surface area (Å²) in [6, 6.07) is 13.3. The molecule has 0 spiro atoms. The highest BCUT2D eigenvalue weighted by Gasteiger charge is 2.15. The number of fused-ring (bicyclic) bond motifs is 1. The first-order valence-corrected chi connectivity index (χ1v) is 8.73. The van der Waals surface area contributed by atoms with Crippen LogP contribution in [0.1, 0.15) is 11.3 Å². The molecule has 2 aromatic heterocycles. The van der Waals surface area contributed by atoms with E-state index < -0.39 is 0 Å². The van der Waals surface area contributed by atoms with Gasteiger partial charge in [-0.15, -0.1) is 0 Å². The Balaban J connectivity index is 1.77. The molecule has 0 bridgehead atoms. The van der Waals surface area contributed by atoms with E-state index in [2.05, 4.69) is 20.2 Å². The number of nitrogens with zero attached hydrogens (tertiary/aromatic N) is 2. The summed E-state index contributed by atoms with van der Waals surface area (Å²) in [4.78, 5) is 7.48. The third-order valence-corrected chi connectivity index (χ3v) is 4.64. The zero-order valence-electron chi connectivity index (χ0n) is 15.8. The Morgan fingerprint density at radius 2 is 1.86 bits per heavy atom. The minimum atomic E-state index is 0.0740. The van der Waals surface area contributed by atoms with E-state index in [9.17, 15) is 5.11 Å². The second-order valence-electron chi connectivity index (χ2n) is 6.31. The molecule has 0 amide bonds. The molecule has 0 aliphatic heterocycles. The number of hydrogen-bond donors (Lipinski definition) is 3.